The third-order valence-corrected chi connectivity index (χ3v) is 4.44. The van der Waals surface area contributed by atoms with Crippen molar-refractivity contribution in [2.75, 3.05) is 5.73 Å². The summed E-state index contributed by atoms with van der Waals surface area (Å²) < 4.78 is 1.93. The van der Waals surface area contributed by atoms with Gasteiger partial charge in [-0.15, -0.1) is 0 Å². The molecular formula is C19H32N6. The molecule has 0 atom stereocenters. The molecule has 0 aromatic carbocycles. The second kappa shape index (κ2) is 10.8. The molecule has 6 heteroatoms. The first kappa shape index (κ1) is 19.3. The summed E-state index contributed by atoms with van der Waals surface area (Å²) in [5.74, 6) is 2.55. The number of nitrogen functional groups attached to an aromatic ring is 1. The second-order valence-corrected chi connectivity index (χ2v) is 6.56. The lowest BCUT2D eigenvalue weighted by molar-refractivity contribution is 0.560. The number of hydrogen-bond donors (Lipinski definition) is 1. The van der Waals surface area contributed by atoms with Crippen LogP contribution in [0.15, 0.2) is 12.4 Å². The third kappa shape index (κ3) is 6.44. The van der Waals surface area contributed by atoms with Gasteiger partial charge in [-0.25, -0.2) is 4.98 Å². The molecule has 0 aliphatic carbocycles. The molecule has 25 heavy (non-hydrogen) atoms. The van der Waals surface area contributed by atoms with Crippen molar-refractivity contribution in [2.45, 2.75) is 84.5 Å². The third-order valence-electron chi connectivity index (χ3n) is 4.44. The number of aromatic nitrogens is 5. The molecule has 0 bridgehead atoms. The lowest BCUT2D eigenvalue weighted by atomic mass is 10.1. The monoisotopic (exact) mass is 344 g/mol. The molecule has 0 amide bonds. The second-order valence-electron chi connectivity index (χ2n) is 6.56. The van der Waals surface area contributed by atoms with Crippen LogP contribution in [0.5, 0.6) is 0 Å². The van der Waals surface area contributed by atoms with Crippen LogP contribution >= 0.6 is 0 Å². The van der Waals surface area contributed by atoms with Crippen LogP contribution < -0.4 is 5.73 Å². The first-order chi connectivity index (χ1) is 12.2. The fraction of sp³-hybridized carbons (Fsp3) is 0.684. The minimum atomic E-state index is 0.268. The molecule has 6 nitrogen and oxygen atoms in total. The van der Waals surface area contributed by atoms with Crippen LogP contribution in [0.25, 0.3) is 5.95 Å². The van der Waals surface area contributed by atoms with Crippen LogP contribution in [0.2, 0.25) is 0 Å². The maximum atomic E-state index is 5.79. The quantitative estimate of drug-likeness (QED) is 0.581. The van der Waals surface area contributed by atoms with E-state index in [2.05, 4.69) is 26.9 Å². The lowest BCUT2D eigenvalue weighted by Gasteiger charge is -2.08. The van der Waals surface area contributed by atoms with Gasteiger partial charge in [0.2, 0.25) is 11.9 Å². The van der Waals surface area contributed by atoms with Crippen molar-refractivity contribution in [1.29, 1.82) is 0 Å². The smallest absolute Gasteiger partial charge is 0.240 e. The van der Waals surface area contributed by atoms with Gasteiger partial charge in [0.1, 0.15) is 11.6 Å². The number of nitrogens with zero attached hydrogens (tertiary/aromatic N) is 5. The zero-order valence-corrected chi connectivity index (χ0v) is 15.7. The first-order valence-corrected chi connectivity index (χ1v) is 9.77. The van der Waals surface area contributed by atoms with Crippen molar-refractivity contribution in [3.05, 3.63) is 24.0 Å². The van der Waals surface area contributed by atoms with E-state index in [1.807, 2.05) is 17.7 Å². The maximum absolute atomic E-state index is 5.79. The van der Waals surface area contributed by atoms with Crippen molar-refractivity contribution >= 4 is 5.95 Å². The van der Waals surface area contributed by atoms with Crippen LogP contribution in [-0.4, -0.2) is 24.5 Å². The Balaban J connectivity index is 1.77. The lowest BCUT2D eigenvalue weighted by Crippen LogP contribution is -2.11. The van der Waals surface area contributed by atoms with Crippen LogP contribution in [-0.2, 0) is 12.8 Å². The number of hydrogen-bond acceptors (Lipinski definition) is 5. The van der Waals surface area contributed by atoms with Gasteiger partial charge in [-0.2, -0.15) is 15.0 Å². The molecule has 0 radical (unpaired) electrons. The maximum Gasteiger partial charge on any atom is 0.240 e. The van der Waals surface area contributed by atoms with Crippen molar-refractivity contribution in [2.24, 2.45) is 0 Å². The van der Waals surface area contributed by atoms with E-state index in [4.69, 9.17) is 5.73 Å². The number of rotatable bonds is 12. The van der Waals surface area contributed by atoms with E-state index in [0.29, 0.717) is 11.8 Å². The molecule has 2 rings (SSSR count). The first-order valence-electron chi connectivity index (χ1n) is 9.77. The normalized spacial score (nSPS) is 11.1. The predicted octanol–water partition coefficient (Wildman–Crippen LogP) is 4.28. The molecule has 2 N–H and O–H groups in total. The van der Waals surface area contributed by atoms with Crippen LogP contribution in [0, 0.1) is 0 Å². The summed E-state index contributed by atoms with van der Waals surface area (Å²) in [6, 6.07) is 0. The predicted molar refractivity (Wildman–Crippen MR) is 102 cm³/mol. The molecule has 2 aromatic rings. The Morgan fingerprint density at radius 3 is 2.24 bits per heavy atom. The molecule has 0 aliphatic heterocycles. The van der Waals surface area contributed by atoms with Gasteiger partial charge in [0.25, 0.3) is 0 Å². The molecule has 138 valence electrons. The molecule has 0 aliphatic rings. The van der Waals surface area contributed by atoms with E-state index >= 15 is 0 Å². The Morgan fingerprint density at radius 2 is 1.56 bits per heavy atom. The summed E-state index contributed by atoms with van der Waals surface area (Å²) in [5.41, 5.74) is 5.79. The van der Waals surface area contributed by atoms with Crippen molar-refractivity contribution in [3.8, 4) is 5.95 Å². The van der Waals surface area contributed by atoms with Gasteiger partial charge in [0, 0.05) is 25.2 Å². The summed E-state index contributed by atoms with van der Waals surface area (Å²) in [4.78, 5) is 17.3. The van der Waals surface area contributed by atoms with Crippen LogP contribution in [0.4, 0.5) is 5.95 Å². The minimum absolute atomic E-state index is 0.268. The molecular weight excluding hydrogens is 312 g/mol. The SMILES string of the molecule is CCCCCCCCCCCc1nccn1-c1nc(N)nc(CC)n1. The van der Waals surface area contributed by atoms with Crippen molar-refractivity contribution < 1.29 is 0 Å². The van der Waals surface area contributed by atoms with E-state index in [-0.39, 0.29) is 5.95 Å². The van der Waals surface area contributed by atoms with Gasteiger partial charge in [-0.05, 0) is 6.42 Å². The Bertz CT molecular complexity index is 622. The van der Waals surface area contributed by atoms with Gasteiger partial charge in [-0.3, -0.25) is 4.57 Å². The van der Waals surface area contributed by atoms with E-state index in [0.717, 1.165) is 25.1 Å². The van der Waals surface area contributed by atoms with Crippen LogP contribution in [0.1, 0.15) is 83.3 Å². The average molecular weight is 345 g/mol. The zero-order valence-electron chi connectivity index (χ0n) is 15.7. The van der Waals surface area contributed by atoms with Crippen molar-refractivity contribution in [1.82, 2.24) is 24.5 Å². The topological polar surface area (TPSA) is 82.5 Å². The fourth-order valence-corrected chi connectivity index (χ4v) is 2.99. The molecule has 2 heterocycles. The summed E-state index contributed by atoms with van der Waals surface area (Å²) in [6.07, 6.45) is 17.3. The number of anilines is 1. The number of nitrogens with two attached hydrogens (primary N) is 1. The van der Waals surface area contributed by atoms with Gasteiger partial charge < -0.3 is 5.73 Å². The van der Waals surface area contributed by atoms with Gasteiger partial charge >= 0.3 is 0 Å². The van der Waals surface area contributed by atoms with E-state index in [1.165, 1.54) is 51.4 Å². The van der Waals surface area contributed by atoms with Gasteiger partial charge in [0.15, 0.2) is 0 Å². The van der Waals surface area contributed by atoms with Crippen LogP contribution in [0.3, 0.4) is 0 Å². The van der Waals surface area contributed by atoms with E-state index in [1.54, 1.807) is 6.20 Å². The summed E-state index contributed by atoms with van der Waals surface area (Å²) in [5, 5.41) is 0. The summed E-state index contributed by atoms with van der Waals surface area (Å²) in [7, 11) is 0. The molecule has 2 aromatic heterocycles. The highest BCUT2D eigenvalue weighted by atomic mass is 15.2. The summed E-state index contributed by atoms with van der Waals surface area (Å²) in [6.45, 7) is 4.27. The van der Waals surface area contributed by atoms with Gasteiger partial charge in [-0.1, -0.05) is 65.2 Å². The summed E-state index contributed by atoms with van der Waals surface area (Å²) >= 11 is 0. The molecule has 0 unspecified atom stereocenters. The standard InChI is InChI=1S/C19H32N6/c1-3-5-6-7-8-9-10-11-12-13-17-21-14-15-25(17)19-23-16(4-2)22-18(20)24-19/h14-15H,3-13H2,1-2H3,(H2,20,22,23,24). The molecule has 0 saturated heterocycles. The molecule has 0 fully saturated rings. The Morgan fingerprint density at radius 1 is 0.880 bits per heavy atom. The molecule has 0 spiro atoms. The highest BCUT2D eigenvalue weighted by Crippen LogP contribution is 2.13. The highest BCUT2D eigenvalue weighted by molar-refractivity contribution is 5.24. The molecule has 0 saturated carbocycles. The largest absolute Gasteiger partial charge is 0.368 e. The minimum Gasteiger partial charge on any atom is -0.368 e. The fourth-order valence-electron chi connectivity index (χ4n) is 2.99. The highest BCUT2D eigenvalue weighted by Gasteiger charge is 2.10. The number of imidazole rings is 1. The average Bonchev–Trinajstić information content (AvgIpc) is 3.08. The Hall–Kier alpha value is -1.98. The number of unbranched alkanes of at least 4 members (excludes halogenated alkanes) is 8. The van der Waals surface area contributed by atoms with E-state index in [9.17, 15) is 0 Å². The number of aryl methyl sites for hydroxylation is 2. The van der Waals surface area contributed by atoms with Crippen molar-refractivity contribution in [3.63, 3.8) is 0 Å². The Labute approximate surface area is 151 Å². The van der Waals surface area contributed by atoms with Gasteiger partial charge in [0.05, 0.1) is 0 Å². The van der Waals surface area contributed by atoms with E-state index < -0.39 is 0 Å². The Kier molecular flexibility index (Phi) is 8.35. The zero-order chi connectivity index (χ0) is 17.9.